The van der Waals surface area contributed by atoms with Gasteiger partial charge >= 0.3 is 0 Å². The van der Waals surface area contributed by atoms with E-state index >= 15 is 0 Å². The van der Waals surface area contributed by atoms with Crippen LogP contribution in [-0.4, -0.2) is 47.9 Å². The third kappa shape index (κ3) is 8.07. The summed E-state index contributed by atoms with van der Waals surface area (Å²) in [6.45, 7) is 9.33. The molecule has 1 saturated heterocycles. The molecule has 1 aliphatic rings. The van der Waals surface area contributed by atoms with E-state index in [1.165, 1.54) is 10.4 Å². The number of hydrogen-bond acceptors (Lipinski definition) is 4. The first-order chi connectivity index (χ1) is 14.5. The van der Waals surface area contributed by atoms with E-state index in [0.29, 0.717) is 18.4 Å². The Morgan fingerprint density at radius 1 is 1.19 bits per heavy atom. The fourth-order valence-corrected chi connectivity index (χ4v) is 4.70. The molecule has 2 heterocycles. The number of hydrogen-bond donors (Lipinski definition) is 2. The van der Waals surface area contributed by atoms with Crippen LogP contribution in [0, 0.1) is 19.8 Å². The fourth-order valence-electron chi connectivity index (χ4n) is 3.82. The van der Waals surface area contributed by atoms with Crippen molar-refractivity contribution >= 4 is 47.2 Å². The first kappa shape index (κ1) is 25.6. The van der Waals surface area contributed by atoms with Crippen molar-refractivity contribution in [2.24, 2.45) is 10.9 Å². The molecule has 8 heteroatoms. The first-order valence-corrected chi connectivity index (χ1v) is 11.6. The number of guanidine groups is 1. The van der Waals surface area contributed by atoms with Crippen molar-refractivity contribution < 1.29 is 4.79 Å². The highest BCUT2D eigenvalue weighted by atomic mass is 127. The van der Waals surface area contributed by atoms with Crippen molar-refractivity contribution in [3.05, 3.63) is 51.5 Å². The van der Waals surface area contributed by atoms with Gasteiger partial charge in [-0.05, 0) is 51.5 Å². The van der Waals surface area contributed by atoms with Crippen molar-refractivity contribution in [2.45, 2.75) is 46.6 Å². The number of carbonyl (C=O) groups is 1. The van der Waals surface area contributed by atoms with Crippen LogP contribution >= 0.6 is 35.3 Å². The van der Waals surface area contributed by atoms with Crippen LogP contribution in [0.1, 0.15) is 40.9 Å². The maximum Gasteiger partial charge on any atom is 0.244 e. The van der Waals surface area contributed by atoms with Crippen LogP contribution in [0.5, 0.6) is 0 Å². The van der Waals surface area contributed by atoms with Crippen molar-refractivity contribution in [3.8, 4) is 0 Å². The topological polar surface area (TPSA) is 69.6 Å². The van der Waals surface area contributed by atoms with E-state index in [2.05, 4.69) is 50.9 Å². The van der Waals surface area contributed by atoms with Gasteiger partial charge in [0.15, 0.2) is 5.96 Å². The molecule has 2 N–H and O–H groups in total. The molecule has 0 atom stereocenters. The van der Waals surface area contributed by atoms with Crippen LogP contribution in [0.3, 0.4) is 0 Å². The maximum absolute atomic E-state index is 12.7. The summed E-state index contributed by atoms with van der Waals surface area (Å²) in [5.41, 5.74) is 2.44. The number of halogens is 1. The van der Waals surface area contributed by atoms with Gasteiger partial charge in [0, 0.05) is 24.5 Å². The lowest BCUT2D eigenvalue weighted by Crippen LogP contribution is -2.41. The zero-order valence-electron chi connectivity index (χ0n) is 18.7. The summed E-state index contributed by atoms with van der Waals surface area (Å²) >= 11 is 1.69. The Hall–Kier alpha value is -1.68. The molecule has 1 fully saturated rings. The number of nitrogens with one attached hydrogen (secondary N) is 2. The summed E-state index contributed by atoms with van der Waals surface area (Å²) in [6, 6.07) is 10.6. The molecule has 31 heavy (non-hydrogen) atoms. The Bertz CT molecular complexity index is 847. The van der Waals surface area contributed by atoms with Gasteiger partial charge in [0.25, 0.3) is 0 Å². The largest absolute Gasteiger partial charge is 0.357 e. The first-order valence-electron chi connectivity index (χ1n) is 10.8. The van der Waals surface area contributed by atoms with Crippen LogP contribution in [0.2, 0.25) is 0 Å². The number of aromatic nitrogens is 1. The summed E-state index contributed by atoms with van der Waals surface area (Å²) in [7, 11) is 0. The smallest absolute Gasteiger partial charge is 0.244 e. The highest BCUT2D eigenvalue weighted by molar-refractivity contribution is 14.0. The molecule has 1 amide bonds. The molecule has 170 valence electrons. The third-order valence-corrected chi connectivity index (χ3v) is 6.54. The molecular formula is C23H34IN5OS. The van der Waals surface area contributed by atoms with Gasteiger partial charge in [-0.3, -0.25) is 4.79 Å². The summed E-state index contributed by atoms with van der Waals surface area (Å²) in [5.74, 6) is 1.44. The minimum atomic E-state index is 0. The maximum atomic E-state index is 12.7. The Labute approximate surface area is 207 Å². The number of amides is 1. The predicted molar refractivity (Wildman–Crippen MR) is 139 cm³/mol. The fraction of sp³-hybridized carbons (Fsp3) is 0.522. The molecule has 2 aromatic rings. The van der Waals surface area contributed by atoms with Crippen molar-refractivity contribution in [3.63, 3.8) is 0 Å². The number of likely N-dealkylation sites (tertiary alicyclic amines) is 1. The van der Waals surface area contributed by atoms with Gasteiger partial charge in [-0.2, -0.15) is 0 Å². The molecule has 1 aromatic carbocycles. The number of nitrogens with zero attached hydrogens (tertiary/aromatic N) is 3. The lowest BCUT2D eigenvalue weighted by atomic mass is 9.90. The molecule has 1 aromatic heterocycles. The van der Waals surface area contributed by atoms with E-state index < -0.39 is 0 Å². The molecule has 0 unspecified atom stereocenters. The molecule has 0 saturated carbocycles. The van der Waals surface area contributed by atoms with E-state index in [1.54, 1.807) is 11.3 Å². The Morgan fingerprint density at radius 2 is 1.90 bits per heavy atom. The molecule has 0 bridgehead atoms. The second-order valence-electron chi connectivity index (χ2n) is 7.80. The van der Waals surface area contributed by atoms with Gasteiger partial charge in [-0.15, -0.1) is 35.3 Å². The summed E-state index contributed by atoms with van der Waals surface area (Å²) in [5, 5.41) is 7.61. The Morgan fingerprint density at radius 3 is 2.52 bits per heavy atom. The van der Waals surface area contributed by atoms with Crippen LogP contribution < -0.4 is 10.6 Å². The Kier molecular flexibility index (Phi) is 10.7. The normalized spacial score (nSPS) is 14.8. The number of aryl methyl sites for hydroxylation is 2. The monoisotopic (exact) mass is 555 g/mol. The molecule has 3 rings (SSSR count). The second kappa shape index (κ2) is 13.0. The molecule has 0 spiro atoms. The number of thiazole rings is 1. The quantitative estimate of drug-likeness (QED) is 0.309. The van der Waals surface area contributed by atoms with Gasteiger partial charge in [0.2, 0.25) is 5.91 Å². The van der Waals surface area contributed by atoms with Crippen LogP contribution in [0.15, 0.2) is 35.3 Å². The predicted octanol–water partition coefficient (Wildman–Crippen LogP) is 3.91. The third-order valence-electron chi connectivity index (χ3n) is 5.47. The zero-order chi connectivity index (χ0) is 21.3. The second-order valence-corrected chi connectivity index (χ2v) is 9.09. The van der Waals surface area contributed by atoms with Crippen LogP contribution in [0.25, 0.3) is 0 Å². The SMILES string of the molecule is CCNC(=NCC(=O)N1CCC(Cc2ccccc2)CC1)NCc1sc(C)nc1C.I. The summed E-state index contributed by atoms with van der Waals surface area (Å²) in [4.78, 5) is 24.8. The van der Waals surface area contributed by atoms with Crippen molar-refractivity contribution in [1.82, 2.24) is 20.5 Å². The van der Waals surface area contributed by atoms with Gasteiger partial charge in [0.05, 0.1) is 17.2 Å². The zero-order valence-corrected chi connectivity index (χ0v) is 21.8. The molecule has 1 aliphatic heterocycles. The average Bonchev–Trinajstić information content (AvgIpc) is 3.08. The van der Waals surface area contributed by atoms with Gasteiger partial charge in [-0.25, -0.2) is 9.98 Å². The molecular weight excluding hydrogens is 521 g/mol. The molecule has 0 aliphatic carbocycles. The standard InChI is InChI=1S/C23H33N5OS.HI/c1-4-24-23(25-15-21-17(2)27-18(3)30-21)26-16-22(29)28-12-10-20(11-13-28)14-19-8-6-5-7-9-19;/h5-9,20H,4,10-16H2,1-3H3,(H2,24,25,26);1H. The number of piperidine rings is 1. The number of carbonyl (C=O) groups excluding carboxylic acids is 1. The van der Waals surface area contributed by atoms with E-state index in [-0.39, 0.29) is 36.4 Å². The van der Waals surface area contributed by atoms with Crippen LogP contribution in [-0.2, 0) is 17.8 Å². The minimum Gasteiger partial charge on any atom is -0.357 e. The van der Waals surface area contributed by atoms with E-state index in [4.69, 9.17) is 0 Å². The van der Waals surface area contributed by atoms with E-state index in [0.717, 1.165) is 49.6 Å². The lowest BCUT2D eigenvalue weighted by molar-refractivity contribution is -0.130. The molecule has 0 radical (unpaired) electrons. The number of benzene rings is 1. The average molecular weight is 556 g/mol. The highest BCUT2D eigenvalue weighted by Crippen LogP contribution is 2.21. The van der Waals surface area contributed by atoms with Gasteiger partial charge < -0.3 is 15.5 Å². The van der Waals surface area contributed by atoms with Crippen molar-refractivity contribution in [1.29, 1.82) is 0 Å². The summed E-state index contributed by atoms with van der Waals surface area (Å²) in [6.07, 6.45) is 3.23. The van der Waals surface area contributed by atoms with Crippen LogP contribution in [0.4, 0.5) is 0 Å². The molecule has 6 nitrogen and oxygen atoms in total. The Balaban J connectivity index is 0.00000341. The minimum absolute atomic E-state index is 0. The van der Waals surface area contributed by atoms with Gasteiger partial charge in [0.1, 0.15) is 6.54 Å². The number of aliphatic imine (C=N–C) groups is 1. The summed E-state index contributed by atoms with van der Waals surface area (Å²) < 4.78 is 0. The van der Waals surface area contributed by atoms with Gasteiger partial charge in [-0.1, -0.05) is 30.3 Å². The highest BCUT2D eigenvalue weighted by Gasteiger charge is 2.22. The van der Waals surface area contributed by atoms with E-state index in [9.17, 15) is 4.79 Å². The van der Waals surface area contributed by atoms with E-state index in [1.807, 2.05) is 25.7 Å². The lowest BCUT2D eigenvalue weighted by Gasteiger charge is -2.31. The number of rotatable bonds is 7. The van der Waals surface area contributed by atoms with Crippen molar-refractivity contribution in [2.75, 3.05) is 26.2 Å².